The Kier molecular flexibility index (Phi) is 5.43. The van der Waals surface area contributed by atoms with E-state index < -0.39 is 0 Å². The molecule has 3 rings (SSSR count). The first kappa shape index (κ1) is 16.9. The van der Waals surface area contributed by atoms with E-state index in [0.29, 0.717) is 30.6 Å². The normalized spacial score (nSPS) is 21.4. The third-order valence-corrected chi connectivity index (χ3v) is 5.49. The maximum atomic E-state index is 12.8. The van der Waals surface area contributed by atoms with Crippen molar-refractivity contribution in [1.82, 2.24) is 0 Å². The molecule has 1 fully saturated rings. The van der Waals surface area contributed by atoms with E-state index in [1.54, 1.807) is 29.6 Å². The summed E-state index contributed by atoms with van der Waals surface area (Å²) in [6, 6.07) is 7.86. The van der Waals surface area contributed by atoms with E-state index in [9.17, 15) is 9.59 Å². The first-order chi connectivity index (χ1) is 11.7. The molecule has 0 N–H and O–H groups in total. The van der Waals surface area contributed by atoms with Gasteiger partial charge in [0, 0.05) is 20.9 Å². The highest BCUT2D eigenvalue weighted by Crippen LogP contribution is 2.34. The highest BCUT2D eigenvalue weighted by molar-refractivity contribution is 7.11. The molecule has 0 radical (unpaired) electrons. The number of thiophene rings is 2. The van der Waals surface area contributed by atoms with Crippen molar-refractivity contribution in [2.75, 3.05) is 6.61 Å². The Hall–Kier alpha value is -1.98. The lowest BCUT2D eigenvalue weighted by Gasteiger charge is -2.24. The summed E-state index contributed by atoms with van der Waals surface area (Å²) in [5, 5.41) is 3.95. The van der Waals surface area contributed by atoms with Gasteiger partial charge in [-0.3, -0.25) is 9.59 Å². The van der Waals surface area contributed by atoms with Crippen molar-refractivity contribution in [2.45, 2.75) is 19.8 Å². The number of ether oxygens (including phenoxy) is 1. The lowest BCUT2D eigenvalue weighted by atomic mass is 9.80. The predicted molar refractivity (Wildman–Crippen MR) is 99.0 cm³/mol. The fraction of sp³-hybridized carbons (Fsp3) is 0.263. The molecule has 5 heteroatoms. The molecule has 0 saturated heterocycles. The average molecular weight is 358 g/mol. The van der Waals surface area contributed by atoms with Gasteiger partial charge in [0.25, 0.3) is 0 Å². The van der Waals surface area contributed by atoms with Gasteiger partial charge in [0.2, 0.25) is 0 Å². The van der Waals surface area contributed by atoms with Crippen LogP contribution in [-0.4, -0.2) is 18.4 Å². The van der Waals surface area contributed by atoms with Crippen molar-refractivity contribution in [3.63, 3.8) is 0 Å². The number of allylic oxidation sites excluding steroid dienone is 2. The summed E-state index contributed by atoms with van der Waals surface area (Å²) in [6.45, 7) is 2.16. The number of Topliss-reactive ketones (excluding diaryl/α,β-unsaturated/α-hetero) is 1. The standard InChI is InChI=1S/C19H18O3S2/c1-2-22-19(21)15-9-13(11-16-5-3-7-23-16)18(20)14(10-15)12-17-6-4-8-24-17/h3-8,11-12,15H,2,9-10H2,1H3/b13-11+,14-12+. The van der Waals surface area contributed by atoms with Crippen LogP contribution in [0.4, 0.5) is 0 Å². The zero-order chi connectivity index (χ0) is 16.9. The molecule has 2 aromatic rings. The lowest BCUT2D eigenvalue weighted by molar-refractivity contribution is -0.148. The molecule has 2 heterocycles. The van der Waals surface area contributed by atoms with Gasteiger partial charge in [-0.05, 0) is 54.8 Å². The molecule has 0 aromatic carbocycles. The third kappa shape index (κ3) is 3.91. The van der Waals surface area contributed by atoms with Gasteiger partial charge in [-0.25, -0.2) is 0 Å². The monoisotopic (exact) mass is 358 g/mol. The first-order valence-electron chi connectivity index (χ1n) is 7.87. The number of hydrogen-bond acceptors (Lipinski definition) is 5. The number of esters is 1. The van der Waals surface area contributed by atoms with Gasteiger partial charge in [0.1, 0.15) is 0 Å². The van der Waals surface area contributed by atoms with Crippen molar-refractivity contribution >= 4 is 46.6 Å². The summed E-state index contributed by atoms with van der Waals surface area (Å²) in [4.78, 5) is 27.1. The minimum Gasteiger partial charge on any atom is -0.466 e. The van der Waals surface area contributed by atoms with Crippen LogP contribution in [0.15, 0.2) is 46.2 Å². The summed E-state index contributed by atoms with van der Waals surface area (Å²) < 4.78 is 5.18. The van der Waals surface area contributed by atoms with Crippen LogP contribution in [0.3, 0.4) is 0 Å². The Bertz CT molecular complexity index is 711. The Balaban J connectivity index is 1.93. The van der Waals surface area contributed by atoms with Crippen molar-refractivity contribution in [2.24, 2.45) is 5.92 Å². The number of hydrogen-bond donors (Lipinski definition) is 0. The summed E-state index contributed by atoms with van der Waals surface area (Å²) in [5.74, 6) is -0.475. The average Bonchev–Trinajstić information content (AvgIpc) is 3.25. The van der Waals surface area contributed by atoms with Crippen LogP contribution in [0, 0.1) is 5.92 Å². The number of carbonyl (C=O) groups excluding carboxylic acids is 2. The van der Waals surface area contributed by atoms with Crippen LogP contribution in [0.1, 0.15) is 29.5 Å². The van der Waals surface area contributed by atoms with E-state index in [-0.39, 0.29) is 17.7 Å². The second-order valence-corrected chi connectivity index (χ2v) is 7.51. The maximum Gasteiger partial charge on any atom is 0.309 e. The highest BCUT2D eigenvalue weighted by atomic mass is 32.1. The summed E-state index contributed by atoms with van der Waals surface area (Å²) in [5.41, 5.74) is 1.37. The van der Waals surface area contributed by atoms with Gasteiger partial charge >= 0.3 is 5.97 Å². The molecule has 124 valence electrons. The minimum absolute atomic E-state index is 0.0392. The zero-order valence-corrected chi connectivity index (χ0v) is 15.0. The van der Waals surface area contributed by atoms with Crippen LogP contribution < -0.4 is 0 Å². The van der Waals surface area contributed by atoms with Crippen LogP contribution >= 0.6 is 22.7 Å². The molecule has 1 aliphatic carbocycles. The van der Waals surface area contributed by atoms with Crippen molar-refractivity contribution in [3.8, 4) is 0 Å². The van der Waals surface area contributed by atoms with Gasteiger partial charge in [0.15, 0.2) is 5.78 Å². The molecule has 0 spiro atoms. The summed E-state index contributed by atoms with van der Waals surface area (Å²) in [7, 11) is 0. The molecular formula is C19H18O3S2. The highest BCUT2D eigenvalue weighted by Gasteiger charge is 2.33. The number of carbonyl (C=O) groups is 2. The largest absolute Gasteiger partial charge is 0.466 e. The predicted octanol–water partition coefficient (Wildman–Crippen LogP) is 4.82. The number of ketones is 1. The number of rotatable bonds is 4. The van der Waals surface area contributed by atoms with Crippen LogP contribution in [0.2, 0.25) is 0 Å². The van der Waals surface area contributed by atoms with E-state index >= 15 is 0 Å². The molecule has 0 atom stereocenters. The fourth-order valence-electron chi connectivity index (χ4n) is 2.76. The molecule has 0 aliphatic heterocycles. The molecular weight excluding hydrogens is 340 g/mol. The molecule has 24 heavy (non-hydrogen) atoms. The van der Waals surface area contributed by atoms with E-state index in [2.05, 4.69) is 0 Å². The molecule has 1 saturated carbocycles. The molecule has 1 aliphatic rings. The molecule has 3 nitrogen and oxygen atoms in total. The lowest BCUT2D eigenvalue weighted by Crippen LogP contribution is -2.27. The maximum absolute atomic E-state index is 12.8. The Morgan fingerprint density at radius 3 is 2.08 bits per heavy atom. The van der Waals surface area contributed by atoms with Crippen molar-refractivity contribution in [1.29, 1.82) is 0 Å². The molecule has 0 amide bonds. The van der Waals surface area contributed by atoms with Gasteiger partial charge in [0.05, 0.1) is 12.5 Å². The van der Waals surface area contributed by atoms with E-state index in [1.807, 2.05) is 47.2 Å². The minimum atomic E-state index is -0.292. The second kappa shape index (κ2) is 7.73. The van der Waals surface area contributed by atoms with Crippen LogP contribution in [-0.2, 0) is 14.3 Å². The fourth-order valence-corrected chi connectivity index (χ4v) is 4.12. The van der Waals surface area contributed by atoms with E-state index in [0.717, 1.165) is 9.75 Å². The van der Waals surface area contributed by atoms with Gasteiger partial charge in [-0.1, -0.05) is 12.1 Å². The van der Waals surface area contributed by atoms with Crippen LogP contribution in [0.25, 0.3) is 12.2 Å². The quantitative estimate of drug-likeness (QED) is 0.581. The smallest absolute Gasteiger partial charge is 0.309 e. The third-order valence-electron chi connectivity index (χ3n) is 3.86. The van der Waals surface area contributed by atoms with Gasteiger partial charge < -0.3 is 4.74 Å². The van der Waals surface area contributed by atoms with E-state index in [4.69, 9.17) is 4.74 Å². The van der Waals surface area contributed by atoms with Crippen LogP contribution in [0.5, 0.6) is 0 Å². The Morgan fingerprint density at radius 1 is 1.12 bits per heavy atom. The van der Waals surface area contributed by atoms with E-state index in [1.165, 1.54) is 0 Å². The van der Waals surface area contributed by atoms with Crippen molar-refractivity contribution < 1.29 is 14.3 Å². The molecule has 2 aromatic heterocycles. The summed E-state index contributed by atoms with van der Waals surface area (Å²) >= 11 is 3.17. The van der Waals surface area contributed by atoms with Crippen molar-refractivity contribution in [3.05, 3.63) is 55.9 Å². The molecule has 0 bridgehead atoms. The Labute approximate surface area is 149 Å². The van der Waals surface area contributed by atoms with Gasteiger partial charge in [-0.2, -0.15) is 0 Å². The SMILES string of the molecule is CCOC(=O)C1C/C(=C\c2cccs2)C(=O)/C(=C/c2cccs2)C1. The first-order valence-corrected chi connectivity index (χ1v) is 9.62. The topological polar surface area (TPSA) is 43.4 Å². The summed E-state index contributed by atoms with van der Waals surface area (Å²) in [6.07, 6.45) is 4.69. The molecule has 0 unspecified atom stereocenters. The van der Waals surface area contributed by atoms with Gasteiger partial charge in [-0.15, -0.1) is 22.7 Å². The Morgan fingerprint density at radius 2 is 1.67 bits per heavy atom. The zero-order valence-electron chi connectivity index (χ0n) is 13.4. The second-order valence-electron chi connectivity index (χ2n) is 5.56.